The molecular formula is C27H28N8O6. The molecule has 14 nitrogen and oxygen atoms in total. The second-order valence-corrected chi connectivity index (χ2v) is 9.12. The summed E-state index contributed by atoms with van der Waals surface area (Å²) < 4.78 is 0. The largest absolute Gasteiger partial charge is 0.480 e. The number of benzene rings is 2. The smallest absolute Gasteiger partial charge is 0.335 e. The van der Waals surface area contributed by atoms with Crippen molar-refractivity contribution in [3.05, 3.63) is 77.0 Å². The van der Waals surface area contributed by atoms with E-state index in [1.165, 1.54) is 24.3 Å². The Hall–Kier alpha value is -5.66. The maximum Gasteiger partial charge on any atom is 0.335 e. The molecule has 0 spiro atoms. The molecule has 4 aromatic rings. The second kappa shape index (κ2) is 12.5. The molecule has 2 aromatic carbocycles. The predicted molar refractivity (Wildman–Crippen MR) is 150 cm³/mol. The van der Waals surface area contributed by atoms with Crippen LogP contribution in [0, 0.1) is 0 Å². The predicted octanol–water partition coefficient (Wildman–Crippen LogP) is 2.00. The third kappa shape index (κ3) is 7.26. The summed E-state index contributed by atoms with van der Waals surface area (Å²) in [6.45, 7) is -0.0589. The summed E-state index contributed by atoms with van der Waals surface area (Å²) >= 11 is 0. The number of aromatic carboxylic acids is 1. The zero-order valence-corrected chi connectivity index (χ0v) is 21.7. The molecule has 2 heterocycles. The number of hydrogen-bond donors (Lipinski definition) is 8. The minimum Gasteiger partial charge on any atom is -0.480 e. The molecule has 0 saturated carbocycles. The number of carboxylic acids is 2. The van der Waals surface area contributed by atoms with E-state index in [1.54, 1.807) is 30.5 Å². The summed E-state index contributed by atoms with van der Waals surface area (Å²) in [5, 5.41) is 26.7. The number of aromatic amines is 1. The van der Waals surface area contributed by atoms with Crippen LogP contribution in [0.5, 0.6) is 0 Å². The Morgan fingerprint density at radius 1 is 0.951 bits per heavy atom. The third-order valence-corrected chi connectivity index (χ3v) is 6.25. The molecule has 0 unspecified atom stereocenters. The first-order valence-corrected chi connectivity index (χ1v) is 12.5. The lowest BCUT2D eigenvalue weighted by Gasteiger charge is -2.15. The summed E-state index contributed by atoms with van der Waals surface area (Å²) in [4.78, 5) is 58.7. The number of nitrogens with zero attached hydrogens (tertiary/aromatic N) is 2. The number of carbonyl (C=O) groups is 4. The summed E-state index contributed by atoms with van der Waals surface area (Å²) in [5.74, 6) is -2.58. The van der Waals surface area contributed by atoms with E-state index in [2.05, 4.69) is 30.9 Å². The summed E-state index contributed by atoms with van der Waals surface area (Å²) in [6.07, 6.45) is 3.00. The highest BCUT2D eigenvalue weighted by molar-refractivity contribution is 5.97. The van der Waals surface area contributed by atoms with Crippen molar-refractivity contribution in [2.24, 2.45) is 0 Å². The van der Waals surface area contributed by atoms with Crippen molar-refractivity contribution >= 4 is 52.4 Å². The van der Waals surface area contributed by atoms with Crippen LogP contribution in [0.4, 0.5) is 22.2 Å². The number of aliphatic carboxylic acids is 1. The van der Waals surface area contributed by atoms with Gasteiger partial charge in [-0.3, -0.25) is 4.79 Å². The van der Waals surface area contributed by atoms with Gasteiger partial charge in [-0.25, -0.2) is 14.4 Å². The van der Waals surface area contributed by atoms with Gasteiger partial charge in [0.2, 0.25) is 5.95 Å². The minimum atomic E-state index is -1.25. The molecule has 2 aromatic heterocycles. The number of nitrogens with two attached hydrogens (primary N) is 2. The van der Waals surface area contributed by atoms with Crippen molar-refractivity contribution in [1.29, 1.82) is 0 Å². The Morgan fingerprint density at radius 2 is 1.71 bits per heavy atom. The number of carboxylic acid groups (broad SMARTS) is 2. The molecular weight excluding hydrogens is 532 g/mol. The molecule has 212 valence electrons. The maximum absolute atomic E-state index is 12.7. The van der Waals surface area contributed by atoms with Crippen LogP contribution in [0.3, 0.4) is 0 Å². The Morgan fingerprint density at radius 3 is 2.41 bits per heavy atom. The highest BCUT2D eigenvalue weighted by atomic mass is 16.4. The third-order valence-electron chi connectivity index (χ3n) is 6.25. The summed E-state index contributed by atoms with van der Waals surface area (Å²) in [7, 11) is 0. The molecule has 4 rings (SSSR count). The van der Waals surface area contributed by atoms with Crippen LogP contribution in [0.25, 0.3) is 11.0 Å². The van der Waals surface area contributed by atoms with Gasteiger partial charge in [0.05, 0.1) is 10.9 Å². The second-order valence-electron chi connectivity index (χ2n) is 9.12. The Bertz CT molecular complexity index is 1600. The molecule has 0 fully saturated rings. The fourth-order valence-corrected chi connectivity index (χ4v) is 4.18. The van der Waals surface area contributed by atoms with Crippen molar-refractivity contribution in [3.8, 4) is 0 Å². The van der Waals surface area contributed by atoms with Crippen LogP contribution < -0.4 is 27.4 Å². The number of hydrogen-bond acceptors (Lipinski definition) is 8. The van der Waals surface area contributed by atoms with Gasteiger partial charge in [-0.05, 0) is 60.7 Å². The van der Waals surface area contributed by atoms with Crippen molar-refractivity contribution in [3.63, 3.8) is 0 Å². The highest BCUT2D eigenvalue weighted by Gasteiger charge is 2.21. The Labute approximate surface area is 233 Å². The molecule has 10 N–H and O–H groups in total. The van der Waals surface area contributed by atoms with Crippen LogP contribution in [-0.2, 0) is 17.6 Å². The molecule has 3 amide bonds. The van der Waals surface area contributed by atoms with Gasteiger partial charge in [0, 0.05) is 24.0 Å². The summed E-state index contributed by atoms with van der Waals surface area (Å²) in [5.41, 5.74) is 14.6. The molecule has 41 heavy (non-hydrogen) atoms. The van der Waals surface area contributed by atoms with E-state index in [-0.39, 0.29) is 35.7 Å². The van der Waals surface area contributed by atoms with E-state index >= 15 is 0 Å². The molecule has 0 radical (unpaired) electrons. The van der Waals surface area contributed by atoms with Gasteiger partial charge < -0.3 is 42.6 Å². The van der Waals surface area contributed by atoms with Crippen LogP contribution >= 0.6 is 0 Å². The lowest BCUT2D eigenvalue weighted by molar-refractivity contribution is -0.139. The van der Waals surface area contributed by atoms with Crippen LogP contribution in [-0.4, -0.2) is 61.6 Å². The first kappa shape index (κ1) is 28.4. The fourth-order valence-electron chi connectivity index (χ4n) is 4.18. The van der Waals surface area contributed by atoms with Crippen LogP contribution in [0.15, 0.2) is 54.7 Å². The normalized spacial score (nSPS) is 11.5. The number of nitrogens with one attached hydrogen (secondary N) is 4. The number of anilines is 3. The molecule has 0 saturated heterocycles. The van der Waals surface area contributed by atoms with Crippen LogP contribution in [0.1, 0.15) is 38.3 Å². The molecule has 0 bridgehead atoms. The van der Waals surface area contributed by atoms with E-state index in [9.17, 15) is 24.3 Å². The number of H-pyrrole nitrogens is 1. The minimum absolute atomic E-state index is 0.00466. The fraction of sp³-hybridized carbons (Fsp3) is 0.185. The van der Waals surface area contributed by atoms with Gasteiger partial charge in [-0.15, -0.1) is 0 Å². The van der Waals surface area contributed by atoms with Gasteiger partial charge in [0.15, 0.2) is 0 Å². The van der Waals surface area contributed by atoms with Crippen molar-refractivity contribution in [1.82, 2.24) is 25.6 Å². The quantitative estimate of drug-likeness (QED) is 0.133. The number of aryl methyl sites for hydroxylation is 2. The lowest BCUT2D eigenvalue weighted by Crippen LogP contribution is -2.43. The average Bonchev–Trinajstić information content (AvgIpc) is 3.34. The first-order valence-electron chi connectivity index (χ1n) is 12.5. The van der Waals surface area contributed by atoms with Crippen molar-refractivity contribution in [2.45, 2.75) is 25.3 Å². The molecule has 14 heteroatoms. The van der Waals surface area contributed by atoms with E-state index < -0.39 is 29.9 Å². The van der Waals surface area contributed by atoms with Gasteiger partial charge in [-0.1, -0.05) is 18.2 Å². The monoisotopic (exact) mass is 560 g/mol. The highest BCUT2D eigenvalue weighted by Crippen LogP contribution is 2.24. The lowest BCUT2D eigenvalue weighted by atomic mass is 10.0. The topological polar surface area (TPSA) is 238 Å². The number of urea groups is 1. The average molecular weight is 561 g/mol. The SMILES string of the molecule is Nc1nc(N)c2c(CCc3ccc(C(=O)N[C@@H](CCNC(=O)Nc4cccc(C(=O)O)c4)C(=O)O)cc3)c[nH]c2n1. The number of amides is 3. The number of nitrogen functional groups attached to an aromatic ring is 2. The maximum atomic E-state index is 12.7. The van der Waals surface area contributed by atoms with Gasteiger partial charge >= 0.3 is 18.0 Å². The van der Waals surface area contributed by atoms with Crippen molar-refractivity contribution < 1.29 is 29.4 Å². The standard InChI is InChI=1S/C27H28N8O6/c28-21-20-17(13-31-22(20)35-26(29)34-21)9-6-14-4-7-15(8-5-14)23(36)33-19(25(39)40)10-11-30-27(41)32-18-3-1-2-16(12-18)24(37)38/h1-5,7-8,12-13,19H,6,9-11H2,(H,33,36)(H,37,38)(H,39,40)(H2,30,32,41)(H5,28,29,31,34,35)/t19-/m0/s1. The van der Waals surface area contributed by atoms with Gasteiger partial charge in [-0.2, -0.15) is 9.97 Å². The van der Waals surface area contributed by atoms with Crippen LogP contribution in [0.2, 0.25) is 0 Å². The van der Waals surface area contributed by atoms with E-state index in [0.717, 1.165) is 11.1 Å². The van der Waals surface area contributed by atoms with Gasteiger partial charge in [0.25, 0.3) is 5.91 Å². The molecule has 0 aliphatic heterocycles. The summed E-state index contributed by atoms with van der Waals surface area (Å²) in [6, 6.07) is 10.5. The number of fused-ring (bicyclic) bond motifs is 1. The first-order chi connectivity index (χ1) is 19.6. The number of aromatic nitrogens is 3. The zero-order chi connectivity index (χ0) is 29.5. The van der Waals surface area contributed by atoms with E-state index in [0.29, 0.717) is 29.7 Å². The van der Waals surface area contributed by atoms with E-state index in [1.807, 2.05) is 0 Å². The van der Waals surface area contributed by atoms with E-state index in [4.69, 9.17) is 16.6 Å². The van der Waals surface area contributed by atoms with Gasteiger partial charge in [0.1, 0.15) is 17.5 Å². The molecule has 1 atom stereocenters. The number of rotatable bonds is 11. The molecule has 0 aliphatic carbocycles. The van der Waals surface area contributed by atoms with Crippen molar-refractivity contribution in [2.75, 3.05) is 23.3 Å². The Balaban J connectivity index is 1.27. The zero-order valence-electron chi connectivity index (χ0n) is 21.7. The number of carbonyl (C=O) groups excluding carboxylic acids is 2. The Kier molecular flexibility index (Phi) is 8.62. The molecule has 0 aliphatic rings.